The zero-order valence-corrected chi connectivity index (χ0v) is 11.8. The van der Waals surface area contributed by atoms with Crippen LogP contribution in [0.1, 0.15) is 6.92 Å². The summed E-state index contributed by atoms with van der Waals surface area (Å²) in [6, 6.07) is 0. The van der Waals surface area contributed by atoms with Gasteiger partial charge in [0.05, 0.1) is 12.7 Å². The highest BCUT2D eigenvalue weighted by Crippen LogP contribution is 2.31. The van der Waals surface area contributed by atoms with Crippen molar-refractivity contribution < 1.29 is 50.4 Å². The van der Waals surface area contributed by atoms with Crippen LogP contribution in [0.15, 0.2) is 0 Å². The Bertz CT molecular complexity index is 375. The van der Waals surface area contributed by atoms with Crippen LogP contribution in [-0.4, -0.2) is 108 Å². The van der Waals surface area contributed by atoms with Crippen molar-refractivity contribution in [1.82, 2.24) is 0 Å². The van der Waals surface area contributed by atoms with E-state index in [1.54, 1.807) is 0 Å². The molecule has 9 atom stereocenters. The first-order chi connectivity index (χ1) is 10.1. The van der Waals surface area contributed by atoms with Gasteiger partial charge in [-0.25, -0.2) is 0 Å². The number of aldehydes is 1. The average molecular weight is 326 g/mol. The molecule has 8 N–H and O–H groups in total. The van der Waals surface area contributed by atoms with E-state index in [-0.39, 0.29) is 6.29 Å². The van der Waals surface area contributed by atoms with Gasteiger partial charge in [0.1, 0.15) is 42.7 Å². The first kappa shape index (κ1) is 19.4. The first-order valence-corrected chi connectivity index (χ1v) is 6.65. The summed E-state index contributed by atoms with van der Waals surface area (Å²) in [7, 11) is 0. The number of aliphatic hydroxyl groups is 8. The van der Waals surface area contributed by atoms with Crippen LogP contribution >= 0.6 is 0 Å². The number of hydrogen-bond donors (Lipinski definition) is 8. The number of carbonyl (C=O) groups excluding carboxylic acids is 1. The molecule has 1 aliphatic heterocycles. The fraction of sp³-hybridized carbons (Fsp3) is 0.917. The normalized spacial score (nSPS) is 39.6. The summed E-state index contributed by atoms with van der Waals surface area (Å²) in [6.45, 7) is 0.290. The van der Waals surface area contributed by atoms with Crippen molar-refractivity contribution in [1.29, 1.82) is 0 Å². The van der Waals surface area contributed by atoms with Gasteiger partial charge in [-0.1, -0.05) is 0 Å². The van der Waals surface area contributed by atoms with Crippen molar-refractivity contribution in [2.24, 2.45) is 0 Å². The largest absolute Gasteiger partial charge is 0.394 e. The summed E-state index contributed by atoms with van der Waals surface area (Å²) in [5.74, 6) is 0. The third-order valence-electron chi connectivity index (χ3n) is 3.83. The lowest BCUT2D eigenvalue weighted by molar-refractivity contribution is -0.282. The van der Waals surface area contributed by atoms with Crippen LogP contribution < -0.4 is 0 Å². The number of carbonyl (C=O) groups is 1. The van der Waals surface area contributed by atoms with Gasteiger partial charge < -0.3 is 45.6 Å². The third kappa shape index (κ3) is 3.30. The zero-order valence-electron chi connectivity index (χ0n) is 11.8. The third-order valence-corrected chi connectivity index (χ3v) is 3.83. The molecule has 22 heavy (non-hydrogen) atoms. The van der Waals surface area contributed by atoms with Crippen LogP contribution in [0.4, 0.5) is 0 Å². The van der Waals surface area contributed by atoms with Crippen molar-refractivity contribution in [2.75, 3.05) is 6.61 Å². The summed E-state index contributed by atoms with van der Waals surface area (Å²) in [5, 5.41) is 77.2. The lowest BCUT2D eigenvalue weighted by Crippen LogP contribution is -2.70. The van der Waals surface area contributed by atoms with E-state index in [2.05, 4.69) is 0 Å². The van der Waals surface area contributed by atoms with Gasteiger partial charge in [0.15, 0.2) is 11.9 Å². The Balaban J connectivity index is 3.13. The number of aliphatic hydroxyl groups excluding tert-OH is 7. The first-order valence-electron chi connectivity index (χ1n) is 6.65. The Morgan fingerprint density at radius 1 is 1.14 bits per heavy atom. The van der Waals surface area contributed by atoms with Crippen LogP contribution in [0, 0.1) is 0 Å². The fourth-order valence-corrected chi connectivity index (χ4v) is 2.33. The van der Waals surface area contributed by atoms with Gasteiger partial charge in [-0.3, -0.25) is 4.79 Å². The van der Waals surface area contributed by atoms with Crippen LogP contribution in [0.25, 0.3) is 0 Å². The van der Waals surface area contributed by atoms with Crippen LogP contribution in [0.5, 0.6) is 0 Å². The molecule has 0 bridgehead atoms. The van der Waals surface area contributed by atoms with E-state index in [1.165, 1.54) is 0 Å². The molecule has 0 amide bonds. The highest BCUT2D eigenvalue weighted by atomic mass is 16.6. The minimum absolute atomic E-state index is 0.212. The van der Waals surface area contributed by atoms with Crippen LogP contribution in [0.3, 0.4) is 0 Å². The molecule has 130 valence electrons. The van der Waals surface area contributed by atoms with Gasteiger partial charge in [-0.2, -0.15) is 0 Å². The molecule has 0 aromatic heterocycles. The second-order valence-corrected chi connectivity index (χ2v) is 5.43. The Morgan fingerprint density at radius 3 is 2.09 bits per heavy atom. The maximum Gasteiger partial charge on any atom is 0.177 e. The molecule has 1 saturated heterocycles. The van der Waals surface area contributed by atoms with Gasteiger partial charge in [0, 0.05) is 0 Å². The van der Waals surface area contributed by atoms with E-state index in [0.29, 0.717) is 0 Å². The van der Waals surface area contributed by atoms with Gasteiger partial charge in [-0.15, -0.1) is 0 Å². The predicted molar refractivity (Wildman–Crippen MR) is 68.5 cm³/mol. The number of rotatable bonds is 6. The monoisotopic (exact) mass is 326 g/mol. The molecule has 1 fully saturated rings. The van der Waals surface area contributed by atoms with Crippen molar-refractivity contribution in [3.63, 3.8) is 0 Å². The molecular formula is C12H22O10. The van der Waals surface area contributed by atoms with E-state index in [4.69, 9.17) is 9.84 Å². The Labute approximate surface area is 125 Å². The highest BCUT2D eigenvalue weighted by Gasteiger charge is 2.57. The lowest BCUT2D eigenvalue weighted by Gasteiger charge is -2.46. The van der Waals surface area contributed by atoms with E-state index in [9.17, 15) is 40.5 Å². The van der Waals surface area contributed by atoms with Crippen LogP contribution in [0.2, 0.25) is 0 Å². The van der Waals surface area contributed by atoms with E-state index >= 15 is 0 Å². The van der Waals surface area contributed by atoms with Gasteiger partial charge in [0.2, 0.25) is 0 Å². The molecule has 0 radical (unpaired) electrons. The molecule has 10 nitrogen and oxygen atoms in total. The van der Waals surface area contributed by atoms with E-state index in [0.717, 1.165) is 6.92 Å². The molecular weight excluding hydrogens is 304 g/mol. The minimum atomic E-state index is -2.90. The summed E-state index contributed by atoms with van der Waals surface area (Å²) in [4.78, 5) is 11.2. The SMILES string of the molecule is C[C@H](O)[C@H](O)[C@@H](O)[C@@](O)(C=O)[C@H]1O[C@H](CO)[C@@H](O)[C@H](O)[C@H]1O. The number of hydrogen-bond acceptors (Lipinski definition) is 10. The van der Waals surface area contributed by atoms with Crippen molar-refractivity contribution >= 4 is 6.29 Å². The second-order valence-electron chi connectivity index (χ2n) is 5.43. The van der Waals surface area contributed by atoms with Gasteiger partial charge in [-0.05, 0) is 6.92 Å². The molecule has 10 heteroatoms. The maximum atomic E-state index is 11.2. The summed E-state index contributed by atoms with van der Waals surface area (Å²) < 4.78 is 4.99. The second kappa shape index (κ2) is 7.25. The summed E-state index contributed by atoms with van der Waals surface area (Å²) in [6.07, 6.45) is -14.9. The van der Waals surface area contributed by atoms with Crippen molar-refractivity contribution in [3.8, 4) is 0 Å². The van der Waals surface area contributed by atoms with Gasteiger partial charge >= 0.3 is 0 Å². The Kier molecular flexibility index (Phi) is 6.38. The molecule has 1 heterocycles. The van der Waals surface area contributed by atoms with Crippen molar-refractivity contribution in [3.05, 3.63) is 0 Å². The maximum absolute atomic E-state index is 11.2. The van der Waals surface area contributed by atoms with Gasteiger partial charge in [0.25, 0.3) is 0 Å². The van der Waals surface area contributed by atoms with Crippen LogP contribution in [-0.2, 0) is 9.53 Å². The average Bonchev–Trinajstić information content (AvgIpc) is 2.50. The standard InChI is InChI=1S/C12H22O10/c1-4(15)6(16)10(20)12(21,3-14)11-9(19)8(18)7(17)5(2-13)22-11/h3-11,13,15-21H,2H2,1H3/t4-,5+,6-,7+,8-,9+,10+,11-,12-/m0/s1. The Hall–Kier alpha value is -0.690. The predicted octanol–water partition coefficient (Wildman–Crippen LogP) is -5.14. The quantitative estimate of drug-likeness (QED) is 0.219. The lowest BCUT2D eigenvalue weighted by atomic mass is 9.80. The molecule has 1 aliphatic rings. The minimum Gasteiger partial charge on any atom is -0.394 e. The fourth-order valence-electron chi connectivity index (χ4n) is 2.33. The topological polar surface area (TPSA) is 188 Å². The molecule has 0 aromatic carbocycles. The molecule has 1 rings (SSSR count). The van der Waals surface area contributed by atoms with E-state index in [1.807, 2.05) is 0 Å². The molecule has 0 unspecified atom stereocenters. The molecule has 0 aromatic rings. The molecule has 0 spiro atoms. The summed E-state index contributed by atoms with van der Waals surface area (Å²) >= 11 is 0. The molecule has 0 aliphatic carbocycles. The highest BCUT2D eigenvalue weighted by molar-refractivity contribution is 5.65. The summed E-state index contributed by atoms with van der Waals surface area (Å²) in [5.41, 5.74) is -2.90. The zero-order chi connectivity index (χ0) is 17.2. The smallest absolute Gasteiger partial charge is 0.177 e. The molecule has 0 saturated carbocycles. The van der Waals surface area contributed by atoms with E-state index < -0.39 is 61.0 Å². The van der Waals surface area contributed by atoms with Crippen molar-refractivity contribution in [2.45, 2.75) is 61.4 Å². The Morgan fingerprint density at radius 2 is 1.68 bits per heavy atom. The number of ether oxygens (including phenoxy) is 1.